The van der Waals surface area contributed by atoms with Gasteiger partial charge in [0.1, 0.15) is 23.4 Å². The van der Waals surface area contributed by atoms with Crippen LogP contribution in [0.2, 0.25) is 0 Å². The van der Waals surface area contributed by atoms with Crippen molar-refractivity contribution in [3.05, 3.63) is 108 Å². The van der Waals surface area contributed by atoms with Gasteiger partial charge in [-0.3, -0.25) is 4.98 Å². The molecule has 2 aromatic heterocycles. The van der Waals surface area contributed by atoms with Crippen LogP contribution in [0.4, 0.5) is 10.1 Å². The Morgan fingerprint density at radius 1 is 1.09 bits per heavy atom. The molecule has 2 atom stereocenters. The number of aromatic nitrogens is 1. The maximum atomic E-state index is 13.6. The molecule has 0 saturated carbocycles. The van der Waals surface area contributed by atoms with Crippen molar-refractivity contribution < 1.29 is 18.3 Å². The van der Waals surface area contributed by atoms with Crippen molar-refractivity contribution in [2.24, 2.45) is 0 Å². The molecule has 0 amide bonds. The zero-order valence-corrected chi connectivity index (χ0v) is 19.0. The number of pyridine rings is 1. The first-order valence-corrected chi connectivity index (χ1v) is 11.0. The highest BCUT2D eigenvalue weighted by atomic mass is 32.1. The molecule has 0 unspecified atom stereocenters. The van der Waals surface area contributed by atoms with Gasteiger partial charge in [-0.2, -0.15) is 0 Å². The fourth-order valence-corrected chi connectivity index (χ4v) is 4.45. The Morgan fingerprint density at radius 2 is 1.91 bits per heavy atom. The molecule has 1 fully saturated rings. The molecule has 34 heavy (non-hydrogen) atoms. The summed E-state index contributed by atoms with van der Waals surface area (Å²) in [6, 6.07) is 22.0. The third-order valence-corrected chi connectivity index (χ3v) is 6.00. The Kier molecular flexibility index (Phi) is 5.81. The van der Waals surface area contributed by atoms with Crippen molar-refractivity contribution >= 4 is 29.0 Å². The summed E-state index contributed by atoms with van der Waals surface area (Å²) in [4.78, 5) is 18.4. The van der Waals surface area contributed by atoms with E-state index in [-0.39, 0.29) is 17.9 Å². The molecule has 0 aliphatic carbocycles. The number of nitrogens with zero attached hydrogens (tertiary/aromatic N) is 2. The summed E-state index contributed by atoms with van der Waals surface area (Å²) in [5.41, 5.74) is 2.70. The Labute approximate surface area is 201 Å². The number of carbonyl (C=O) groups is 1. The van der Waals surface area contributed by atoms with E-state index in [1.165, 1.54) is 19.2 Å². The molecule has 0 bridgehead atoms. The van der Waals surface area contributed by atoms with Gasteiger partial charge in [-0.25, -0.2) is 9.18 Å². The summed E-state index contributed by atoms with van der Waals surface area (Å²) in [5, 5.41) is 3.83. The van der Waals surface area contributed by atoms with E-state index in [2.05, 4.69) is 10.3 Å². The highest BCUT2D eigenvalue weighted by Gasteiger charge is 2.42. The monoisotopic (exact) mass is 473 g/mol. The minimum atomic E-state index is -0.420. The molecule has 0 spiro atoms. The van der Waals surface area contributed by atoms with E-state index >= 15 is 0 Å². The normalized spacial score (nSPS) is 17.5. The standard InChI is InChI=1S/C26H20FN3O3S/c1-32-25(31)17-6-4-5-16(15-17)21-12-13-22(33-21)24-23(20-7-2-3-14-28-20)29-26(34)30(24)19-10-8-18(27)9-11-19/h2-15,23-24H,1H3,(H,29,34)/t23-,24+/m1/s1. The van der Waals surface area contributed by atoms with Crippen molar-refractivity contribution in [1.29, 1.82) is 0 Å². The van der Waals surface area contributed by atoms with Gasteiger partial charge >= 0.3 is 5.97 Å². The molecule has 8 heteroatoms. The minimum Gasteiger partial charge on any atom is -0.465 e. The molecule has 170 valence electrons. The van der Waals surface area contributed by atoms with Crippen LogP contribution in [0.25, 0.3) is 11.3 Å². The highest BCUT2D eigenvalue weighted by Crippen LogP contribution is 2.42. The smallest absolute Gasteiger partial charge is 0.337 e. The van der Waals surface area contributed by atoms with E-state index in [4.69, 9.17) is 21.4 Å². The van der Waals surface area contributed by atoms with Crippen molar-refractivity contribution in [2.75, 3.05) is 12.0 Å². The van der Waals surface area contributed by atoms with Gasteiger partial charge in [0.05, 0.1) is 24.4 Å². The number of ether oxygens (including phenoxy) is 1. The lowest BCUT2D eigenvalue weighted by Crippen LogP contribution is -2.29. The van der Waals surface area contributed by atoms with E-state index in [1.54, 1.807) is 36.5 Å². The minimum absolute atomic E-state index is 0.292. The number of carbonyl (C=O) groups excluding carboxylic acids is 1. The lowest BCUT2D eigenvalue weighted by Gasteiger charge is -2.26. The van der Waals surface area contributed by atoms with Gasteiger partial charge in [-0.1, -0.05) is 18.2 Å². The van der Waals surface area contributed by atoms with Gasteiger partial charge in [0, 0.05) is 17.4 Å². The van der Waals surface area contributed by atoms with E-state index in [1.807, 2.05) is 41.3 Å². The molecule has 1 aliphatic heterocycles. The third-order valence-electron chi connectivity index (χ3n) is 5.69. The van der Waals surface area contributed by atoms with Gasteiger partial charge in [-0.05, 0) is 72.9 Å². The second kappa shape index (κ2) is 9.07. The van der Waals surface area contributed by atoms with Crippen LogP contribution in [0.15, 0.2) is 89.5 Å². The molecule has 4 aromatic rings. The summed E-state index contributed by atoms with van der Waals surface area (Å²) in [6.07, 6.45) is 1.73. The number of nitrogens with one attached hydrogen (secondary N) is 1. The molecule has 2 aromatic carbocycles. The SMILES string of the molecule is COC(=O)c1cccc(-c2ccc([C@H]3[C@@H](c4ccccn4)NC(=S)N3c3ccc(F)cc3)o2)c1. The lowest BCUT2D eigenvalue weighted by atomic mass is 10.0. The lowest BCUT2D eigenvalue weighted by molar-refractivity contribution is 0.0601. The van der Waals surface area contributed by atoms with E-state index < -0.39 is 5.97 Å². The number of hydrogen-bond acceptors (Lipinski definition) is 5. The Hall–Kier alpha value is -4.04. The highest BCUT2D eigenvalue weighted by molar-refractivity contribution is 7.80. The largest absolute Gasteiger partial charge is 0.465 e. The van der Waals surface area contributed by atoms with Crippen LogP contribution in [0.5, 0.6) is 0 Å². The molecule has 1 aliphatic rings. The maximum Gasteiger partial charge on any atom is 0.337 e. The van der Waals surface area contributed by atoms with Crippen LogP contribution >= 0.6 is 12.2 Å². The van der Waals surface area contributed by atoms with E-state index in [9.17, 15) is 9.18 Å². The van der Waals surface area contributed by atoms with Gasteiger partial charge in [0.15, 0.2) is 5.11 Å². The van der Waals surface area contributed by atoms with Crippen LogP contribution in [-0.4, -0.2) is 23.2 Å². The van der Waals surface area contributed by atoms with Gasteiger partial charge < -0.3 is 19.4 Å². The molecule has 6 nitrogen and oxygen atoms in total. The van der Waals surface area contributed by atoms with E-state index in [0.29, 0.717) is 22.2 Å². The summed E-state index contributed by atoms with van der Waals surface area (Å²) in [6.45, 7) is 0. The molecule has 5 rings (SSSR count). The van der Waals surface area contributed by atoms with Crippen molar-refractivity contribution in [1.82, 2.24) is 10.3 Å². The van der Waals surface area contributed by atoms with Gasteiger partial charge in [0.25, 0.3) is 0 Å². The summed E-state index contributed by atoms with van der Waals surface area (Å²) < 4.78 is 24.7. The number of furan rings is 1. The quantitative estimate of drug-likeness (QED) is 0.306. The van der Waals surface area contributed by atoms with Crippen molar-refractivity contribution in [3.63, 3.8) is 0 Å². The number of rotatable bonds is 5. The summed E-state index contributed by atoms with van der Waals surface area (Å²) >= 11 is 5.67. The predicted molar refractivity (Wildman–Crippen MR) is 130 cm³/mol. The fraction of sp³-hybridized carbons (Fsp3) is 0.115. The molecule has 1 saturated heterocycles. The van der Waals surface area contributed by atoms with E-state index in [0.717, 1.165) is 16.9 Å². The van der Waals surface area contributed by atoms with Crippen LogP contribution < -0.4 is 10.2 Å². The Morgan fingerprint density at radius 3 is 2.65 bits per heavy atom. The number of hydrogen-bond donors (Lipinski definition) is 1. The first-order chi connectivity index (χ1) is 16.5. The van der Waals surface area contributed by atoms with Gasteiger partial charge in [-0.15, -0.1) is 0 Å². The molecular formula is C26H20FN3O3S. The Balaban J connectivity index is 1.57. The third kappa shape index (κ3) is 4.04. The summed E-state index contributed by atoms with van der Waals surface area (Å²) in [5.74, 6) is 0.491. The van der Waals surface area contributed by atoms with Crippen molar-refractivity contribution in [2.45, 2.75) is 12.1 Å². The number of benzene rings is 2. The second-order valence-corrected chi connectivity index (χ2v) is 8.13. The second-order valence-electron chi connectivity index (χ2n) is 7.75. The molecule has 3 heterocycles. The first-order valence-electron chi connectivity index (χ1n) is 10.6. The zero-order chi connectivity index (χ0) is 23.7. The fourth-order valence-electron chi connectivity index (χ4n) is 4.11. The zero-order valence-electron chi connectivity index (χ0n) is 18.1. The molecule has 0 radical (unpaired) electrons. The number of thiocarbonyl (C=S) groups is 1. The molecule has 1 N–H and O–H groups in total. The number of anilines is 1. The van der Waals surface area contributed by atoms with Crippen LogP contribution in [0, 0.1) is 5.82 Å². The van der Waals surface area contributed by atoms with Crippen LogP contribution in [0.3, 0.4) is 0 Å². The summed E-state index contributed by atoms with van der Waals surface area (Å²) in [7, 11) is 1.35. The van der Waals surface area contributed by atoms with Crippen LogP contribution in [0.1, 0.15) is 33.9 Å². The Bertz CT molecular complexity index is 1340. The number of methoxy groups -OCH3 is 1. The predicted octanol–water partition coefficient (Wildman–Crippen LogP) is 5.44. The van der Waals surface area contributed by atoms with Crippen molar-refractivity contribution in [3.8, 4) is 11.3 Å². The topological polar surface area (TPSA) is 67.6 Å². The van der Waals surface area contributed by atoms with Crippen LogP contribution in [-0.2, 0) is 4.74 Å². The molecular weight excluding hydrogens is 453 g/mol. The maximum absolute atomic E-state index is 13.6. The number of esters is 1. The number of halogens is 1. The first kappa shape index (κ1) is 21.8. The van der Waals surface area contributed by atoms with Gasteiger partial charge in [0.2, 0.25) is 0 Å². The average Bonchev–Trinajstić information content (AvgIpc) is 3.49. The average molecular weight is 474 g/mol.